The number of nitrogens with one attached hydrogen (secondary N) is 1. The van der Waals surface area contributed by atoms with Crippen molar-refractivity contribution in [2.45, 2.75) is 18.6 Å². The van der Waals surface area contributed by atoms with E-state index in [1.165, 1.54) is 24.3 Å². The lowest BCUT2D eigenvalue weighted by molar-refractivity contribution is -0.384. The van der Waals surface area contributed by atoms with Gasteiger partial charge in [-0.3, -0.25) is 29.4 Å². The number of anilines is 1. The molecule has 0 radical (unpaired) electrons. The number of non-ortho nitro benzene ring substituents is 1. The van der Waals surface area contributed by atoms with Gasteiger partial charge < -0.3 is 5.32 Å². The molecule has 1 atom stereocenters. The van der Waals surface area contributed by atoms with Crippen LogP contribution in [0.15, 0.2) is 30.9 Å². The summed E-state index contributed by atoms with van der Waals surface area (Å²) in [5.74, 6) is -0.855. The number of nitrogens with zero attached hydrogens (tertiary/aromatic N) is 2. The minimum atomic E-state index is -0.768. The fourth-order valence-electron chi connectivity index (χ4n) is 2.19. The van der Waals surface area contributed by atoms with E-state index in [-0.39, 0.29) is 18.7 Å². The number of imide groups is 1. The number of carbonyl (C=O) groups is 3. The molecule has 1 aromatic rings. The van der Waals surface area contributed by atoms with Gasteiger partial charge in [0.15, 0.2) is 0 Å². The average molecular weight is 349 g/mol. The van der Waals surface area contributed by atoms with Gasteiger partial charge in [0, 0.05) is 30.8 Å². The number of nitro benzene ring substituents is 1. The van der Waals surface area contributed by atoms with Gasteiger partial charge in [-0.15, -0.1) is 6.58 Å². The minimum Gasteiger partial charge on any atom is -0.326 e. The molecule has 0 saturated carbocycles. The van der Waals surface area contributed by atoms with Crippen molar-refractivity contribution in [1.82, 2.24) is 4.90 Å². The van der Waals surface area contributed by atoms with E-state index in [0.717, 1.165) is 16.7 Å². The van der Waals surface area contributed by atoms with Crippen LogP contribution in [0.4, 0.5) is 16.2 Å². The third-order valence-corrected chi connectivity index (χ3v) is 4.46. The van der Waals surface area contributed by atoms with Crippen molar-refractivity contribution >= 4 is 40.2 Å². The summed E-state index contributed by atoms with van der Waals surface area (Å²) < 4.78 is 0. The van der Waals surface area contributed by atoms with E-state index >= 15 is 0 Å². The van der Waals surface area contributed by atoms with Crippen LogP contribution in [0.2, 0.25) is 0 Å². The maximum atomic E-state index is 12.1. The SMILES string of the molecule is C=CCN1C(=O)SC(CC(=O)Nc2ccc([N+](=O)[O-])cc2C)C1=O. The number of rotatable bonds is 6. The fraction of sp³-hybridized carbons (Fsp3) is 0.267. The number of hydrogen-bond acceptors (Lipinski definition) is 6. The average Bonchev–Trinajstić information content (AvgIpc) is 2.77. The van der Waals surface area contributed by atoms with E-state index in [1.807, 2.05) is 0 Å². The molecule has 1 saturated heterocycles. The van der Waals surface area contributed by atoms with Gasteiger partial charge in [0.05, 0.1) is 4.92 Å². The highest BCUT2D eigenvalue weighted by atomic mass is 32.2. The second-order valence-electron chi connectivity index (χ2n) is 5.12. The van der Waals surface area contributed by atoms with E-state index in [4.69, 9.17) is 0 Å². The van der Waals surface area contributed by atoms with Gasteiger partial charge in [0.1, 0.15) is 5.25 Å². The van der Waals surface area contributed by atoms with Crippen LogP contribution in [-0.4, -0.2) is 38.7 Å². The molecule has 1 aliphatic heterocycles. The van der Waals surface area contributed by atoms with Crippen LogP contribution in [-0.2, 0) is 9.59 Å². The number of aryl methyl sites for hydroxylation is 1. The van der Waals surface area contributed by atoms with Gasteiger partial charge in [0.25, 0.3) is 10.9 Å². The van der Waals surface area contributed by atoms with E-state index in [1.54, 1.807) is 6.92 Å². The Bertz CT molecular complexity index is 734. The standard InChI is InChI=1S/C15H15N3O5S/c1-3-6-17-14(20)12(24-15(17)21)8-13(19)16-11-5-4-10(18(22)23)7-9(11)2/h3-5,7,12H,1,6,8H2,2H3,(H,16,19). The fourth-order valence-corrected chi connectivity index (χ4v) is 3.19. The van der Waals surface area contributed by atoms with Crippen LogP contribution in [0.5, 0.6) is 0 Å². The van der Waals surface area contributed by atoms with Gasteiger partial charge in [-0.2, -0.15) is 0 Å². The lowest BCUT2D eigenvalue weighted by atomic mass is 10.1. The van der Waals surface area contributed by atoms with Crippen LogP contribution in [0.3, 0.4) is 0 Å². The zero-order valence-electron chi connectivity index (χ0n) is 12.9. The Labute approximate surface area is 142 Å². The zero-order chi connectivity index (χ0) is 17.9. The highest BCUT2D eigenvalue weighted by molar-refractivity contribution is 8.15. The van der Waals surface area contributed by atoms with E-state index in [9.17, 15) is 24.5 Å². The number of benzene rings is 1. The predicted molar refractivity (Wildman–Crippen MR) is 89.8 cm³/mol. The highest BCUT2D eigenvalue weighted by Crippen LogP contribution is 2.29. The van der Waals surface area contributed by atoms with E-state index < -0.39 is 27.2 Å². The first-order valence-corrected chi connectivity index (χ1v) is 7.89. The summed E-state index contributed by atoms with van der Waals surface area (Å²) in [7, 11) is 0. The van der Waals surface area contributed by atoms with Crippen molar-refractivity contribution < 1.29 is 19.3 Å². The third-order valence-electron chi connectivity index (χ3n) is 3.38. The summed E-state index contributed by atoms with van der Waals surface area (Å²) in [5.41, 5.74) is 0.889. The Hall–Kier alpha value is -2.68. The zero-order valence-corrected chi connectivity index (χ0v) is 13.7. The molecule has 0 spiro atoms. The highest BCUT2D eigenvalue weighted by Gasteiger charge is 2.39. The summed E-state index contributed by atoms with van der Waals surface area (Å²) in [6.45, 7) is 5.23. The largest absolute Gasteiger partial charge is 0.326 e. The Morgan fingerprint density at radius 2 is 2.21 bits per heavy atom. The Morgan fingerprint density at radius 3 is 2.79 bits per heavy atom. The number of hydrogen-bond donors (Lipinski definition) is 1. The van der Waals surface area contributed by atoms with Crippen molar-refractivity contribution in [2.24, 2.45) is 0 Å². The van der Waals surface area contributed by atoms with E-state index in [0.29, 0.717) is 11.3 Å². The topological polar surface area (TPSA) is 110 Å². The van der Waals surface area contributed by atoms with Crippen molar-refractivity contribution in [3.63, 3.8) is 0 Å². The summed E-state index contributed by atoms with van der Waals surface area (Å²) in [5, 5.41) is 12.1. The first-order chi connectivity index (χ1) is 11.3. The van der Waals surface area contributed by atoms with Crippen LogP contribution in [0.1, 0.15) is 12.0 Å². The van der Waals surface area contributed by atoms with Crippen LogP contribution < -0.4 is 5.32 Å². The molecule has 3 amide bonds. The first-order valence-electron chi connectivity index (χ1n) is 7.01. The maximum Gasteiger partial charge on any atom is 0.289 e. The molecule has 1 unspecified atom stereocenters. The molecule has 2 rings (SSSR count). The third kappa shape index (κ3) is 3.80. The van der Waals surface area contributed by atoms with Crippen LogP contribution in [0, 0.1) is 17.0 Å². The molecule has 0 aromatic heterocycles. The number of thioether (sulfide) groups is 1. The predicted octanol–water partition coefficient (Wildman–Crippen LogP) is 2.48. The molecular formula is C15H15N3O5S. The molecule has 8 nitrogen and oxygen atoms in total. The smallest absolute Gasteiger partial charge is 0.289 e. The lowest BCUT2D eigenvalue weighted by Crippen LogP contribution is -2.33. The Kier molecular flexibility index (Phi) is 5.35. The monoisotopic (exact) mass is 349 g/mol. The first kappa shape index (κ1) is 17.7. The molecule has 0 aliphatic carbocycles. The maximum absolute atomic E-state index is 12.1. The summed E-state index contributed by atoms with van der Waals surface area (Å²) in [4.78, 5) is 47.1. The van der Waals surface area contributed by atoms with Gasteiger partial charge in [-0.05, 0) is 18.6 Å². The lowest BCUT2D eigenvalue weighted by Gasteiger charge is -2.12. The molecular weight excluding hydrogens is 334 g/mol. The van der Waals surface area contributed by atoms with Crippen molar-refractivity contribution in [3.8, 4) is 0 Å². The summed E-state index contributed by atoms with van der Waals surface area (Å²) >= 11 is 0.811. The van der Waals surface area contributed by atoms with Crippen LogP contribution in [0.25, 0.3) is 0 Å². The molecule has 1 heterocycles. The van der Waals surface area contributed by atoms with Crippen molar-refractivity contribution in [1.29, 1.82) is 0 Å². The van der Waals surface area contributed by atoms with Crippen molar-refractivity contribution in [2.75, 3.05) is 11.9 Å². The number of carbonyl (C=O) groups excluding carboxylic acids is 3. The quantitative estimate of drug-likeness (QED) is 0.480. The normalized spacial score (nSPS) is 17.0. The molecule has 126 valence electrons. The van der Waals surface area contributed by atoms with Crippen LogP contribution >= 0.6 is 11.8 Å². The Balaban J connectivity index is 2.01. The van der Waals surface area contributed by atoms with Gasteiger partial charge in [-0.1, -0.05) is 17.8 Å². The molecule has 9 heteroatoms. The van der Waals surface area contributed by atoms with E-state index in [2.05, 4.69) is 11.9 Å². The summed E-state index contributed by atoms with van der Waals surface area (Å²) in [6, 6.07) is 4.07. The second kappa shape index (κ2) is 7.26. The molecule has 1 aromatic carbocycles. The summed E-state index contributed by atoms with van der Waals surface area (Å²) in [6.07, 6.45) is 1.29. The van der Waals surface area contributed by atoms with Crippen molar-refractivity contribution in [3.05, 3.63) is 46.5 Å². The molecule has 1 fully saturated rings. The molecule has 24 heavy (non-hydrogen) atoms. The Morgan fingerprint density at radius 1 is 1.50 bits per heavy atom. The molecule has 1 N–H and O–H groups in total. The molecule has 0 bridgehead atoms. The number of amides is 3. The second-order valence-corrected chi connectivity index (χ2v) is 6.27. The minimum absolute atomic E-state index is 0.0716. The van der Waals surface area contributed by atoms with Gasteiger partial charge in [0.2, 0.25) is 11.8 Å². The number of nitro groups is 1. The van der Waals surface area contributed by atoms with Gasteiger partial charge in [-0.25, -0.2) is 0 Å². The molecule has 1 aliphatic rings. The van der Waals surface area contributed by atoms with Gasteiger partial charge >= 0.3 is 0 Å².